The molecule has 122 valence electrons. The molecule has 0 unspecified atom stereocenters. The molecule has 0 aliphatic heterocycles. The highest BCUT2D eigenvalue weighted by Crippen LogP contribution is 2.19. The van der Waals surface area contributed by atoms with E-state index >= 15 is 0 Å². The summed E-state index contributed by atoms with van der Waals surface area (Å²) in [4.78, 5) is 20.4. The fourth-order valence-corrected chi connectivity index (χ4v) is 2.69. The van der Waals surface area contributed by atoms with E-state index in [1.165, 1.54) is 11.8 Å². The first-order valence-corrected chi connectivity index (χ1v) is 8.44. The van der Waals surface area contributed by atoms with Crippen molar-refractivity contribution >= 4 is 17.7 Å². The molecule has 1 amide bonds. The highest BCUT2D eigenvalue weighted by molar-refractivity contribution is 7.98. The highest BCUT2D eigenvalue weighted by Gasteiger charge is 2.11. The van der Waals surface area contributed by atoms with Crippen molar-refractivity contribution in [3.05, 3.63) is 72.0 Å². The minimum atomic E-state index is -0.136. The Morgan fingerprint density at radius 1 is 1.12 bits per heavy atom. The third kappa shape index (κ3) is 4.92. The van der Waals surface area contributed by atoms with E-state index in [2.05, 4.69) is 20.4 Å². The zero-order chi connectivity index (χ0) is 16.6. The Kier molecular flexibility index (Phi) is 5.57. The second-order valence-electron chi connectivity index (χ2n) is 5.00. The van der Waals surface area contributed by atoms with E-state index in [-0.39, 0.29) is 12.3 Å². The van der Waals surface area contributed by atoms with Crippen molar-refractivity contribution in [3.8, 4) is 0 Å². The normalized spacial score (nSPS) is 10.5. The molecule has 24 heavy (non-hydrogen) atoms. The summed E-state index contributed by atoms with van der Waals surface area (Å²) >= 11 is 1.51. The Hall–Kier alpha value is -2.67. The number of pyridine rings is 1. The van der Waals surface area contributed by atoms with Crippen molar-refractivity contribution in [2.75, 3.05) is 0 Å². The summed E-state index contributed by atoms with van der Waals surface area (Å²) in [5.41, 5.74) is 1.05. The number of nitrogens with one attached hydrogen (secondary N) is 1. The molecule has 0 bridgehead atoms. The fraction of sp³-hybridized carbons (Fsp3) is 0.176. The largest absolute Gasteiger partial charge is 0.352 e. The number of rotatable bonds is 7. The first kappa shape index (κ1) is 16.2. The van der Waals surface area contributed by atoms with E-state index in [1.54, 1.807) is 6.20 Å². The van der Waals surface area contributed by atoms with Gasteiger partial charge < -0.3 is 9.84 Å². The number of aromatic nitrogens is 3. The Labute approximate surface area is 143 Å². The van der Waals surface area contributed by atoms with Gasteiger partial charge in [0.05, 0.1) is 17.2 Å². The molecule has 0 saturated carbocycles. The molecule has 0 fully saturated rings. The molecule has 6 nitrogen and oxygen atoms in total. The van der Waals surface area contributed by atoms with Crippen LogP contribution in [0.15, 0.2) is 64.3 Å². The van der Waals surface area contributed by atoms with Crippen LogP contribution < -0.4 is 5.32 Å². The zero-order valence-corrected chi connectivity index (χ0v) is 13.7. The Bertz CT molecular complexity index is 778. The molecular weight excluding hydrogens is 324 g/mol. The van der Waals surface area contributed by atoms with Gasteiger partial charge in [0, 0.05) is 12.7 Å². The molecule has 2 aromatic heterocycles. The third-order valence-electron chi connectivity index (χ3n) is 3.14. The van der Waals surface area contributed by atoms with Crippen LogP contribution in [-0.2, 0) is 23.5 Å². The molecule has 0 aliphatic rings. The van der Waals surface area contributed by atoms with Crippen LogP contribution >= 0.6 is 11.8 Å². The van der Waals surface area contributed by atoms with Crippen LogP contribution in [0.2, 0.25) is 0 Å². The van der Waals surface area contributed by atoms with E-state index in [0.29, 0.717) is 24.0 Å². The maximum Gasteiger partial charge on any atom is 0.237 e. The number of nitrogens with zero attached hydrogens (tertiary/aromatic N) is 3. The lowest BCUT2D eigenvalue weighted by atomic mass is 10.2. The topological polar surface area (TPSA) is 80.9 Å². The van der Waals surface area contributed by atoms with Gasteiger partial charge >= 0.3 is 0 Å². The number of hydrogen-bond donors (Lipinski definition) is 1. The lowest BCUT2D eigenvalue weighted by molar-refractivity contribution is -0.120. The second-order valence-corrected chi connectivity index (χ2v) is 6.00. The van der Waals surface area contributed by atoms with Crippen molar-refractivity contribution in [2.24, 2.45) is 0 Å². The van der Waals surface area contributed by atoms with Crippen LogP contribution in [0.1, 0.15) is 17.3 Å². The van der Waals surface area contributed by atoms with E-state index in [0.717, 1.165) is 10.6 Å². The number of thioether (sulfide) groups is 1. The first-order valence-electron chi connectivity index (χ1n) is 7.45. The fourth-order valence-electron chi connectivity index (χ4n) is 1.99. The van der Waals surface area contributed by atoms with Crippen LogP contribution in [0.3, 0.4) is 0 Å². The number of amides is 1. The number of carbonyl (C=O) groups is 1. The molecule has 0 atom stereocenters. The summed E-state index contributed by atoms with van der Waals surface area (Å²) in [6, 6.07) is 15.4. The molecule has 1 aromatic carbocycles. The molecule has 0 aliphatic carbocycles. The Balaban J connectivity index is 1.46. The van der Waals surface area contributed by atoms with Gasteiger partial charge in [0.2, 0.25) is 11.8 Å². The van der Waals surface area contributed by atoms with Crippen LogP contribution in [-0.4, -0.2) is 21.0 Å². The van der Waals surface area contributed by atoms with Gasteiger partial charge in [0.25, 0.3) is 0 Å². The van der Waals surface area contributed by atoms with Gasteiger partial charge in [-0.2, -0.15) is 4.98 Å². The van der Waals surface area contributed by atoms with Gasteiger partial charge in [-0.3, -0.25) is 4.79 Å². The molecule has 0 radical (unpaired) electrons. The van der Waals surface area contributed by atoms with Crippen LogP contribution in [0.25, 0.3) is 0 Å². The summed E-state index contributed by atoms with van der Waals surface area (Å²) in [6.45, 7) is 0.486. The second kappa shape index (κ2) is 8.26. The van der Waals surface area contributed by atoms with Crippen molar-refractivity contribution < 1.29 is 9.32 Å². The van der Waals surface area contributed by atoms with E-state index in [4.69, 9.17) is 4.52 Å². The average Bonchev–Trinajstić information content (AvgIpc) is 3.07. The maximum atomic E-state index is 11.9. The average molecular weight is 340 g/mol. The monoisotopic (exact) mass is 340 g/mol. The van der Waals surface area contributed by atoms with Crippen LogP contribution in [0.5, 0.6) is 0 Å². The van der Waals surface area contributed by atoms with Gasteiger partial charge in [-0.1, -0.05) is 53.3 Å². The molecular formula is C17H16N4O2S. The number of hydrogen-bond acceptors (Lipinski definition) is 6. The lowest BCUT2D eigenvalue weighted by Gasteiger charge is -2.03. The Morgan fingerprint density at radius 2 is 1.96 bits per heavy atom. The van der Waals surface area contributed by atoms with Gasteiger partial charge in [0.1, 0.15) is 0 Å². The lowest BCUT2D eigenvalue weighted by Crippen LogP contribution is -2.24. The maximum absolute atomic E-state index is 11.9. The highest BCUT2D eigenvalue weighted by atomic mass is 32.2. The number of benzene rings is 1. The molecule has 0 spiro atoms. The van der Waals surface area contributed by atoms with E-state index < -0.39 is 0 Å². The molecule has 3 aromatic rings. The molecule has 2 heterocycles. The SMILES string of the molecule is O=C(Cc1noc(CSc2ccccn2)n1)NCc1ccccc1. The van der Waals surface area contributed by atoms with Crippen molar-refractivity contribution in [1.29, 1.82) is 0 Å². The summed E-state index contributed by atoms with van der Waals surface area (Å²) in [7, 11) is 0. The predicted octanol–water partition coefficient (Wildman–Crippen LogP) is 2.62. The standard InChI is InChI=1S/C17H16N4O2S/c22-15(19-11-13-6-2-1-3-7-13)10-14-20-16(23-21-14)12-24-17-8-4-5-9-18-17/h1-9H,10-12H2,(H,19,22). The van der Waals surface area contributed by atoms with Crippen molar-refractivity contribution in [3.63, 3.8) is 0 Å². The van der Waals surface area contributed by atoms with E-state index in [9.17, 15) is 4.79 Å². The molecule has 0 saturated heterocycles. The van der Waals surface area contributed by atoms with Gasteiger partial charge in [-0.15, -0.1) is 0 Å². The molecule has 7 heteroatoms. The van der Waals surface area contributed by atoms with Gasteiger partial charge in [-0.25, -0.2) is 4.98 Å². The van der Waals surface area contributed by atoms with Gasteiger partial charge in [0.15, 0.2) is 5.82 Å². The predicted molar refractivity (Wildman–Crippen MR) is 90.1 cm³/mol. The first-order chi connectivity index (χ1) is 11.8. The summed E-state index contributed by atoms with van der Waals surface area (Å²) in [6.07, 6.45) is 1.84. The molecule has 3 rings (SSSR count). The van der Waals surface area contributed by atoms with Crippen LogP contribution in [0.4, 0.5) is 0 Å². The third-order valence-corrected chi connectivity index (χ3v) is 4.07. The van der Waals surface area contributed by atoms with E-state index in [1.807, 2.05) is 48.5 Å². The smallest absolute Gasteiger partial charge is 0.237 e. The summed E-state index contributed by atoms with van der Waals surface area (Å²) in [5, 5.41) is 7.57. The number of carbonyl (C=O) groups excluding carboxylic acids is 1. The summed E-state index contributed by atoms with van der Waals surface area (Å²) < 4.78 is 5.16. The van der Waals surface area contributed by atoms with Crippen molar-refractivity contribution in [1.82, 2.24) is 20.4 Å². The minimum absolute atomic E-state index is 0.102. The quantitative estimate of drug-likeness (QED) is 0.666. The zero-order valence-electron chi connectivity index (χ0n) is 12.9. The molecule has 1 N–H and O–H groups in total. The summed E-state index contributed by atoms with van der Waals surface area (Å²) in [5.74, 6) is 1.26. The van der Waals surface area contributed by atoms with Gasteiger partial charge in [-0.05, 0) is 17.7 Å². The van der Waals surface area contributed by atoms with Crippen LogP contribution in [0, 0.1) is 0 Å². The Morgan fingerprint density at radius 3 is 2.75 bits per heavy atom. The van der Waals surface area contributed by atoms with Crippen molar-refractivity contribution in [2.45, 2.75) is 23.7 Å². The minimum Gasteiger partial charge on any atom is -0.352 e.